The van der Waals surface area contributed by atoms with Crippen LogP contribution in [0, 0.1) is 11.8 Å². The summed E-state index contributed by atoms with van der Waals surface area (Å²) in [4.78, 5) is 50.3. The van der Waals surface area contributed by atoms with Crippen LogP contribution >= 0.6 is 0 Å². The van der Waals surface area contributed by atoms with Crippen LogP contribution in [0.25, 0.3) is 22.3 Å². The molecule has 17 heteroatoms. The second kappa shape index (κ2) is 25.7. The molecule has 6 heterocycles. The Bertz CT molecular complexity index is 2100. The van der Waals surface area contributed by atoms with Crippen LogP contribution in [0.5, 0.6) is 11.5 Å². The summed E-state index contributed by atoms with van der Waals surface area (Å²) < 4.78 is 21.7. The molecular formula is C52H70N6O11. The van der Waals surface area contributed by atoms with E-state index in [1.807, 2.05) is 24.3 Å². The first-order valence-electron chi connectivity index (χ1n) is 23.9. The Kier molecular flexibility index (Phi) is 19.5. The van der Waals surface area contributed by atoms with E-state index in [1.165, 1.54) is 33.6 Å². The smallest absolute Gasteiger partial charge is 0.336 e. The summed E-state index contributed by atoms with van der Waals surface area (Å²) >= 11 is 0. The molecule has 2 aromatic heterocycles. The third-order valence-electron chi connectivity index (χ3n) is 13.2. The van der Waals surface area contributed by atoms with E-state index in [0.29, 0.717) is 11.8 Å². The molecule has 0 aliphatic carbocycles. The number of aromatic nitrogens is 2. The van der Waals surface area contributed by atoms with Gasteiger partial charge < -0.3 is 59.0 Å². The van der Waals surface area contributed by atoms with Gasteiger partial charge >= 0.3 is 17.9 Å². The molecule has 0 saturated carbocycles. The lowest BCUT2D eigenvalue weighted by Crippen LogP contribution is -2.44. The Labute approximate surface area is 405 Å². The van der Waals surface area contributed by atoms with Gasteiger partial charge in [-0.1, -0.05) is 24.3 Å². The van der Waals surface area contributed by atoms with Gasteiger partial charge in [0.1, 0.15) is 23.1 Å². The molecule has 4 saturated heterocycles. The summed E-state index contributed by atoms with van der Waals surface area (Å²) in [7, 11) is 7.79. The Morgan fingerprint density at radius 1 is 0.565 bits per heavy atom. The molecule has 0 bridgehead atoms. The molecule has 2 aromatic carbocycles. The molecule has 17 nitrogen and oxygen atoms in total. The molecular weight excluding hydrogens is 885 g/mol. The van der Waals surface area contributed by atoms with Gasteiger partial charge in [-0.25, -0.2) is 14.8 Å². The number of ether oxygens (including phenoxy) is 4. The van der Waals surface area contributed by atoms with E-state index in [4.69, 9.17) is 49.3 Å². The number of likely N-dealkylation sites (N-methyl/N-ethyl adjacent to an activating group) is 2. The summed E-state index contributed by atoms with van der Waals surface area (Å²) in [5.41, 5.74) is 4.58. The van der Waals surface area contributed by atoms with Crippen molar-refractivity contribution in [3.8, 4) is 33.8 Å². The minimum Gasteiger partial charge on any atom is -0.497 e. The van der Waals surface area contributed by atoms with Crippen LogP contribution in [0.3, 0.4) is 0 Å². The number of pyridine rings is 2. The molecule has 0 unspecified atom stereocenters. The Balaban J connectivity index is 0.000000183. The average Bonchev–Trinajstić information content (AvgIpc) is 3.35. The number of methoxy groups -OCH3 is 2. The minimum absolute atomic E-state index is 0.674. The number of benzene rings is 2. The van der Waals surface area contributed by atoms with Crippen LogP contribution in [0.4, 0.5) is 11.6 Å². The Morgan fingerprint density at radius 2 is 0.913 bits per heavy atom. The normalized spacial score (nSPS) is 17.5. The summed E-state index contributed by atoms with van der Waals surface area (Å²) in [5.74, 6) is 0.334. The van der Waals surface area contributed by atoms with E-state index in [2.05, 4.69) is 82.2 Å². The van der Waals surface area contributed by atoms with E-state index in [9.17, 15) is 14.4 Å². The van der Waals surface area contributed by atoms with E-state index in [0.717, 1.165) is 140 Å². The first kappa shape index (κ1) is 52.5. The van der Waals surface area contributed by atoms with Gasteiger partial charge in [-0.05, 0) is 135 Å². The largest absolute Gasteiger partial charge is 0.497 e. The summed E-state index contributed by atoms with van der Waals surface area (Å²) in [5, 5.41) is 33.8. The number of carboxylic acid groups (broad SMARTS) is 3. The third-order valence-corrected chi connectivity index (χ3v) is 13.2. The monoisotopic (exact) mass is 955 g/mol. The molecule has 0 radical (unpaired) electrons. The second-order valence-electron chi connectivity index (χ2n) is 18.4. The molecule has 4 fully saturated rings. The van der Waals surface area contributed by atoms with E-state index in [-0.39, 0.29) is 0 Å². The first-order chi connectivity index (χ1) is 33.2. The van der Waals surface area contributed by atoms with E-state index in [1.54, 1.807) is 14.2 Å². The maximum atomic E-state index is 10.3. The number of hydrogen-bond acceptors (Lipinski definition) is 14. The van der Waals surface area contributed by atoms with Crippen molar-refractivity contribution in [3.63, 3.8) is 0 Å². The van der Waals surface area contributed by atoms with Crippen LogP contribution in [0.1, 0.15) is 49.9 Å². The number of anilines is 2. The van der Waals surface area contributed by atoms with Gasteiger partial charge in [-0.3, -0.25) is 9.59 Å². The molecule has 4 aliphatic rings. The number of aliphatic carboxylic acids is 3. The van der Waals surface area contributed by atoms with Crippen LogP contribution in [0.15, 0.2) is 72.8 Å². The zero-order valence-corrected chi connectivity index (χ0v) is 40.6. The summed E-state index contributed by atoms with van der Waals surface area (Å²) in [6, 6.07) is 25.7. The van der Waals surface area contributed by atoms with Gasteiger partial charge in [0, 0.05) is 90.2 Å². The van der Waals surface area contributed by atoms with Crippen molar-refractivity contribution in [1.29, 1.82) is 0 Å². The lowest BCUT2D eigenvalue weighted by Gasteiger charge is -2.33. The zero-order chi connectivity index (χ0) is 49.3. The first-order valence-corrected chi connectivity index (χ1v) is 23.9. The molecule has 4 N–H and O–H groups in total. The number of aliphatic hydroxyl groups is 1. The predicted molar refractivity (Wildman–Crippen MR) is 263 cm³/mol. The van der Waals surface area contributed by atoms with Crippen LogP contribution < -0.4 is 19.3 Å². The number of carboxylic acids is 3. The van der Waals surface area contributed by atoms with Crippen molar-refractivity contribution in [2.45, 2.75) is 57.0 Å². The Hall–Kier alpha value is -5.85. The highest BCUT2D eigenvalue weighted by Crippen LogP contribution is 2.31. The van der Waals surface area contributed by atoms with Crippen molar-refractivity contribution < 1.29 is 53.8 Å². The van der Waals surface area contributed by atoms with Gasteiger partial charge in [0.15, 0.2) is 5.60 Å². The van der Waals surface area contributed by atoms with Crippen molar-refractivity contribution in [1.82, 2.24) is 19.8 Å². The Morgan fingerprint density at radius 3 is 1.22 bits per heavy atom. The molecule has 0 spiro atoms. The standard InChI is InChI=1S/2C23H31N3O2.C6H8O7/c2*1-25-9-11-26(12-10-25)23-17-20(19-3-5-22(27-2)6-4-19)16-21(24-23)15-18-7-13-28-14-8-18;7-3(8)1-6(13,5(11)12)2-4(9)10/h2*3-6,16-18H,7-15H2,1-2H3;13H,1-2H2,(H,7,8)(H,9,10)(H,11,12). The topological polar surface area (TPSA) is 208 Å². The second-order valence-corrected chi connectivity index (χ2v) is 18.4. The van der Waals surface area contributed by atoms with E-state index >= 15 is 0 Å². The molecule has 69 heavy (non-hydrogen) atoms. The molecule has 0 atom stereocenters. The van der Waals surface area contributed by atoms with Crippen molar-refractivity contribution in [2.75, 3.05) is 117 Å². The number of hydrogen-bond donors (Lipinski definition) is 4. The fourth-order valence-electron chi connectivity index (χ4n) is 8.86. The SMILES string of the molecule is COc1ccc(-c2cc(CC3CCOCC3)nc(N3CCN(C)CC3)c2)cc1.COc1ccc(-c2cc(CC3CCOCC3)nc(N3CCN(C)CC3)c2)cc1.O=C(O)CC(O)(CC(=O)O)C(=O)O. The molecule has 0 amide bonds. The quantitative estimate of drug-likeness (QED) is 0.113. The number of nitrogens with zero attached hydrogens (tertiary/aromatic N) is 6. The lowest BCUT2D eigenvalue weighted by atomic mass is 9.93. The summed E-state index contributed by atoms with van der Waals surface area (Å²) in [6.07, 6.45) is 4.33. The summed E-state index contributed by atoms with van der Waals surface area (Å²) in [6.45, 7) is 12.0. The van der Waals surface area contributed by atoms with Crippen LogP contribution in [-0.2, 0) is 36.7 Å². The number of rotatable bonds is 15. The highest BCUT2D eigenvalue weighted by atomic mass is 16.5. The molecule has 4 aliphatic heterocycles. The minimum atomic E-state index is -2.74. The molecule has 4 aromatic rings. The number of piperazine rings is 2. The fraction of sp³-hybridized carbons (Fsp3) is 0.519. The van der Waals surface area contributed by atoms with Gasteiger partial charge in [0.05, 0.1) is 27.1 Å². The van der Waals surface area contributed by atoms with Crippen LogP contribution in [0.2, 0.25) is 0 Å². The maximum absolute atomic E-state index is 10.3. The number of carbonyl (C=O) groups is 3. The van der Waals surface area contributed by atoms with Gasteiger partial charge in [-0.15, -0.1) is 0 Å². The predicted octanol–water partition coefficient (Wildman–Crippen LogP) is 5.71. The zero-order valence-electron chi connectivity index (χ0n) is 40.6. The van der Waals surface area contributed by atoms with E-state index < -0.39 is 36.4 Å². The highest BCUT2D eigenvalue weighted by molar-refractivity contribution is 5.88. The highest BCUT2D eigenvalue weighted by Gasteiger charge is 2.41. The third kappa shape index (κ3) is 16.1. The van der Waals surface area contributed by atoms with Gasteiger partial charge in [0.25, 0.3) is 0 Å². The molecule has 8 rings (SSSR count). The molecule has 374 valence electrons. The van der Waals surface area contributed by atoms with Crippen molar-refractivity contribution in [3.05, 3.63) is 84.2 Å². The van der Waals surface area contributed by atoms with Crippen molar-refractivity contribution >= 4 is 29.5 Å². The average molecular weight is 955 g/mol. The lowest BCUT2D eigenvalue weighted by molar-refractivity contribution is -0.170. The van der Waals surface area contributed by atoms with Crippen molar-refractivity contribution in [2.24, 2.45) is 11.8 Å². The maximum Gasteiger partial charge on any atom is 0.336 e. The fourth-order valence-corrected chi connectivity index (χ4v) is 8.86. The van der Waals surface area contributed by atoms with Gasteiger partial charge in [0.2, 0.25) is 0 Å². The van der Waals surface area contributed by atoms with Crippen LogP contribution in [-0.4, -0.2) is 171 Å². The van der Waals surface area contributed by atoms with Gasteiger partial charge in [-0.2, -0.15) is 0 Å².